The van der Waals surface area contributed by atoms with Crippen molar-refractivity contribution in [2.24, 2.45) is 0 Å². The first-order chi connectivity index (χ1) is 6.66. The van der Waals surface area contributed by atoms with Gasteiger partial charge in [0.05, 0.1) is 16.9 Å². The van der Waals surface area contributed by atoms with Crippen molar-refractivity contribution in [2.75, 3.05) is 0 Å². The van der Waals surface area contributed by atoms with Crippen LogP contribution in [0, 0.1) is 5.82 Å². The molecular weight excluding hydrogens is 228 g/mol. The highest BCUT2D eigenvalue weighted by Crippen LogP contribution is 2.18. The van der Waals surface area contributed by atoms with E-state index in [9.17, 15) is 4.39 Å². The molecule has 0 atom stereocenters. The fraction of sp³-hybridized carbons (Fsp3) is 0. The maximum atomic E-state index is 13.0. The molecule has 0 amide bonds. The Labute approximate surface area is 89.1 Å². The van der Waals surface area contributed by atoms with Crippen LogP contribution < -0.4 is 0 Å². The third kappa shape index (κ3) is 1.71. The monoisotopic (exact) mass is 231 g/mol. The summed E-state index contributed by atoms with van der Waals surface area (Å²) < 4.78 is 14.4. The lowest BCUT2D eigenvalue weighted by Crippen LogP contribution is -1.95. The van der Waals surface area contributed by atoms with Gasteiger partial charge in [0.1, 0.15) is 5.82 Å². The Hall–Kier alpha value is -1.13. The van der Waals surface area contributed by atoms with Crippen LogP contribution in [0.25, 0.3) is 5.69 Å². The third-order valence-electron chi connectivity index (χ3n) is 1.63. The first kappa shape index (κ1) is 9.43. The quantitative estimate of drug-likeness (QED) is 0.756. The second-order valence-corrected chi connectivity index (χ2v) is 3.38. The Balaban J connectivity index is 2.47. The molecule has 1 aromatic carbocycles. The minimum atomic E-state index is -0.504. The lowest BCUT2D eigenvalue weighted by Gasteiger charge is -2.00. The van der Waals surface area contributed by atoms with Gasteiger partial charge < -0.3 is 0 Å². The largest absolute Gasteiger partial charge is 0.219 e. The number of nitrogens with zero attached hydrogens (tertiary/aromatic N) is 3. The van der Waals surface area contributed by atoms with Crippen molar-refractivity contribution in [2.45, 2.75) is 0 Å². The molecule has 2 rings (SSSR count). The average Bonchev–Trinajstić information content (AvgIpc) is 2.57. The molecule has 1 aromatic heterocycles. The first-order valence-electron chi connectivity index (χ1n) is 3.70. The van der Waals surface area contributed by atoms with Crippen molar-refractivity contribution in [1.82, 2.24) is 15.0 Å². The predicted molar refractivity (Wildman–Crippen MR) is 51.3 cm³/mol. The lowest BCUT2D eigenvalue weighted by atomic mass is 10.3. The molecule has 0 aliphatic rings. The van der Waals surface area contributed by atoms with Gasteiger partial charge in [-0.1, -0.05) is 28.4 Å². The fourth-order valence-electron chi connectivity index (χ4n) is 0.997. The van der Waals surface area contributed by atoms with Gasteiger partial charge in [-0.2, -0.15) is 0 Å². The number of halogens is 3. The summed E-state index contributed by atoms with van der Waals surface area (Å²) >= 11 is 11.1. The first-order valence-corrected chi connectivity index (χ1v) is 4.45. The molecule has 2 aromatic rings. The summed E-state index contributed by atoms with van der Waals surface area (Å²) in [6.45, 7) is 0. The molecule has 14 heavy (non-hydrogen) atoms. The Morgan fingerprint density at radius 3 is 2.64 bits per heavy atom. The van der Waals surface area contributed by atoms with Gasteiger partial charge in [0.15, 0.2) is 5.15 Å². The summed E-state index contributed by atoms with van der Waals surface area (Å²) in [6, 6.07) is 4.32. The zero-order chi connectivity index (χ0) is 10.1. The molecule has 0 spiro atoms. The van der Waals surface area contributed by atoms with E-state index in [0.717, 1.165) is 0 Å². The molecule has 0 fully saturated rings. The van der Waals surface area contributed by atoms with Crippen molar-refractivity contribution in [3.63, 3.8) is 0 Å². The molecule has 0 radical (unpaired) electrons. The van der Waals surface area contributed by atoms with E-state index < -0.39 is 5.82 Å². The van der Waals surface area contributed by atoms with Gasteiger partial charge in [-0.15, -0.1) is 5.10 Å². The van der Waals surface area contributed by atoms with Crippen molar-refractivity contribution in [1.29, 1.82) is 0 Å². The van der Waals surface area contributed by atoms with Gasteiger partial charge in [0.25, 0.3) is 0 Å². The third-order valence-corrected chi connectivity index (χ3v) is 2.11. The Morgan fingerprint density at radius 1 is 1.29 bits per heavy atom. The summed E-state index contributed by atoms with van der Waals surface area (Å²) in [4.78, 5) is 0. The summed E-state index contributed by atoms with van der Waals surface area (Å²) in [5.41, 5.74) is 0.520. The molecule has 0 saturated carbocycles. The second kappa shape index (κ2) is 3.55. The van der Waals surface area contributed by atoms with Crippen LogP contribution in [0.2, 0.25) is 10.2 Å². The topological polar surface area (TPSA) is 30.7 Å². The van der Waals surface area contributed by atoms with E-state index in [0.29, 0.717) is 5.69 Å². The van der Waals surface area contributed by atoms with Crippen LogP contribution in [0.15, 0.2) is 24.4 Å². The predicted octanol–water partition coefficient (Wildman–Crippen LogP) is 2.71. The summed E-state index contributed by atoms with van der Waals surface area (Å²) in [6.07, 6.45) is 1.48. The van der Waals surface area contributed by atoms with Crippen LogP contribution in [0.1, 0.15) is 0 Å². The van der Waals surface area contributed by atoms with Crippen molar-refractivity contribution < 1.29 is 4.39 Å². The highest BCUT2D eigenvalue weighted by atomic mass is 35.5. The maximum absolute atomic E-state index is 13.0. The van der Waals surface area contributed by atoms with Crippen LogP contribution >= 0.6 is 23.2 Å². The number of benzene rings is 1. The van der Waals surface area contributed by atoms with Gasteiger partial charge in [-0.05, 0) is 12.1 Å². The molecule has 0 aliphatic carbocycles. The van der Waals surface area contributed by atoms with Crippen LogP contribution in [-0.4, -0.2) is 15.0 Å². The number of rotatable bonds is 1. The summed E-state index contributed by atoms with van der Waals surface area (Å²) in [5.74, 6) is -0.504. The van der Waals surface area contributed by atoms with Crippen LogP contribution in [0.5, 0.6) is 0 Å². The zero-order valence-electron chi connectivity index (χ0n) is 6.78. The molecule has 72 valence electrons. The summed E-state index contributed by atoms with van der Waals surface area (Å²) in [5, 5.41) is 7.57. The van der Waals surface area contributed by atoms with Crippen LogP contribution in [-0.2, 0) is 0 Å². The number of aromatic nitrogens is 3. The summed E-state index contributed by atoms with van der Waals surface area (Å²) in [7, 11) is 0. The van der Waals surface area contributed by atoms with Crippen molar-refractivity contribution in [3.05, 3.63) is 40.4 Å². The number of hydrogen-bond donors (Lipinski definition) is 0. The SMILES string of the molecule is Fc1cc(-n2cc(Cl)nn2)ccc1Cl. The smallest absolute Gasteiger partial charge is 0.171 e. The molecule has 1 heterocycles. The lowest BCUT2D eigenvalue weighted by molar-refractivity contribution is 0.625. The van der Waals surface area contributed by atoms with Gasteiger partial charge in [0.2, 0.25) is 0 Å². The van der Waals surface area contributed by atoms with Crippen molar-refractivity contribution >= 4 is 23.2 Å². The van der Waals surface area contributed by atoms with E-state index in [1.165, 1.54) is 23.0 Å². The Kier molecular flexibility index (Phi) is 2.39. The zero-order valence-corrected chi connectivity index (χ0v) is 8.30. The molecule has 0 N–H and O–H groups in total. The van der Waals surface area contributed by atoms with Crippen LogP contribution in [0.4, 0.5) is 4.39 Å². The van der Waals surface area contributed by atoms with E-state index in [2.05, 4.69) is 10.3 Å². The minimum Gasteiger partial charge on any atom is -0.219 e. The minimum absolute atomic E-state index is 0.0694. The van der Waals surface area contributed by atoms with E-state index in [-0.39, 0.29) is 10.2 Å². The van der Waals surface area contributed by atoms with Crippen LogP contribution in [0.3, 0.4) is 0 Å². The highest BCUT2D eigenvalue weighted by Gasteiger charge is 2.04. The molecule has 6 heteroatoms. The molecular formula is C8H4Cl2FN3. The molecule has 0 saturated heterocycles. The Bertz CT molecular complexity index is 469. The van der Waals surface area contributed by atoms with Gasteiger partial charge in [-0.3, -0.25) is 0 Å². The maximum Gasteiger partial charge on any atom is 0.171 e. The molecule has 0 aliphatic heterocycles. The number of hydrogen-bond acceptors (Lipinski definition) is 2. The van der Waals surface area contributed by atoms with E-state index in [1.807, 2.05) is 0 Å². The fourth-order valence-corrected chi connectivity index (χ4v) is 1.24. The van der Waals surface area contributed by atoms with Gasteiger partial charge >= 0.3 is 0 Å². The molecule has 0 unspecified atom stereocenters. The Morgan fingerprint density at radius 2 is 2.07 bits per heavy atom. The van der Waals surface area contributed by atoms with E-state index in [4.69, 9.17) is 23.2 Å². The standard InChI is InChI=1S/C8H4Cl2FN3/c9-6-2-1-5(3-7(6)11)14-4-8(10)12-13-14/h1-4H. The van der Waals surface area contributed by atoms with Crippen molar-refractivity contribution in [3.8, 4) is 5.69 Å². The van der Waals surface area contributed by atoms with E-state index >= 15 is 0 Å². The van der Waals surface area contributed by atoms with Gasteiger partial charge in [0, 0.05) is 6.07 Å². The average molecular weight is 232 g/mol. The second-order valence-electron chi connectivity index (χ2n) is 2.58. The molecule has 0 bridgehead atoms. The normalized spacial score (nSPS) is 10.5. The van der Waals surface area contributed by atoms with E-state index in [1.54, 1.807) is 6.07 Å². The van der Waals surface area contributed by atoms with Gasteiger partial charge in [-0.25, -0.2) is 9.07 Å². The highest BCUT2D eigenvalue weighted by molar-refractivity contribution is 6.30. The molecule has 3 nitrogen and oxygen atoms in total.